The van der Waals surface area contributed by atoms with E-state index in [9.17, 15) is 0 Å². The summed E-state index contributed by atoms with van der Waals surface area (Å²) in [6.07, 6.45) is 7.95. The molecule has 0 bridgehead atoms. The molecular formula is C11H22N2. The van der Waals surface area contributed by atoms with E-state index in [0.717, 1.165) is 5.92 Å². The lowest BCUT2D eigenvalue weighted by atomic mass is 9.70. The van der Waals surface area contributed by atoms with Crippen molar-refractivity contribution in [1.29, 1.82) is 0 Å². The van der Waals surface area contributed by atoms with Crippen LogP contribution in [0.15, 0.2) is 0 Å². The first kappa shape index (κ1) is 9.47. The minimum absolute atomic E-state index is 0.251. The number of nitrogens with zero attached hydrogens (tertiary/aromatic N) is 1. The Labute approximate surface area is 81.5 Å². The van der Waals surface area contributed by atoms with Crippen LogP contribution in [0, 0.1) is 5.92 Å². The minimum Gasteiger partial charge on any atom is -0.325 e. The van der Waals surface area contributed by atoms with Crippen LogP contribution in [-0.2, 0) is 0 Å². The van der Waals surface area contributed by atoms with Gasteiger partial charge >= 0.3 is 0 Å². The van der Waals surface area contributed by atoms with Crippen LogP contribution in [0.4, 0.5) is 0 Å². The fourth-order valence-electron chi connectivity index (χ4n) is 2.68. The van der Waals surface area contributed by atoms with Gasteiger partial charge in [0.25, 0.3) is 0 Å². The van der Waals surface area contributed by atoms with E-state index in [2.05, 4.69) is 11.9 Å². The molecule has 0 spiro atoms. The van der Waals surface area contributed by atoms with Crippen molar-refractivity contribution in [3.05, 3.63) is 0 Å². The van der Waals surface area contributed by atoms with Gasteiger partial charge in [-0.1, -0.05) is 0 Å². The Hall–Kier alpha value is -0.0800. The number of likely N-dealkylation sites (tertiary alicyclic amines) is 1. The van der Waals surface area contributed by atoms with Crippen molar-refractivity contribution < 1.29 is 0 Å². The zero-order valence-corrected chi connectivity index (χ0v) is 8.76. The molecule has 0 atom stereocenters. The van der Waals surface area contributed by atoms with E-state index in [0.29, 0.717) is 0 Å². The van der Waals surface area contributed by atoms with Gasteiger partial charge in [-0.3, -0.25) is 0 Å². The number of piperidine rings is 1. The third kappa shape index (κ3) is 2.23. The molecule has 0 aromatic carbocycles. The van der Waals surface area contributed by atoms with Crippen LogP contribution in [0.1, 0.15) is 38.5 Å². The maximum Gasteiger partial charge on any atom is 0.0157 e. The highest BCUT2D eigenvalue weighted by atomic mass is 15.1. The van der Waals surface area contributed by atoms with Gasteiger partial charge < -0.3 is 10.6 Å². The van der Waals surface area contributed by atoms with Gasteiger partial charge in [0.05, 0.1) is 0 Å². The van der Waals surface area contributed by atoms with Crippen molar-refractivity contribution in [2.24, 2.45) is 11.7 Å². The Morgan fingerprint density at radius 1 is 1.31 bits per heavy atom. The average Bonchev–Trinajstić information content (AvgIpc) is 2.06. The van der Waals surface area contributed by atoms with E-state index in [1.807, 2.05) is 0 Å². The molecule has 13 heavy (non-hydrogen) atoms. The second-order valence-electron chi connectivity index (χ2n) is 5.17. The molecular weight excluding hydrogens is 160 g/mol. The standard InChI is InChI=1S/C11H22N2/c1-13-7-3-10(4-8-13)9-11(12)5-2-6-11/h10H,2-9,12H2,1H3. The van der Waals surface area contributed by atoms with Crippen molar-refractivity contribution in [2.75, 3.05) is 20.1 Å². The zero-order chi connectivity index (χ0) is 9.31. The largest absolute Gasteiger partial charge is 0.325 e. The van der Waals surface area contributed by atoms with E-state index in [4.69, 9.17) is 5.73 Å². The number of hydrogen-bond donors (Lipinski definition) is 1. The SMILES string of the molecule is CN1CCC(CC2(N)CCC2)CC1. The third-order valence-corrected chi connectivity index (χ3v) is 3.88. The smallest absolute Gasteiger partial charge is 0.0157 e. The van der Waals surface area contributed by atoms with Crippen molar-refractivity contribution in [3.63, 3.8) is 0 Å². The Balaban J connectivity index is 1.76. The molecule has 2 nitrogen and oxygen atoms in total. The normalized spacial score (nSPS) is 30.0. The maximum atomic E-state index is 6.25. The van der Waals surface area contributed by atoms with Gasteiger partial charge in [-0.15, -0.1) is 0 Å². The number of rotatable bonds is 2. The van der Waals surface area contributed by atoms with Crippen LogP contribution in [0.2, 0.25) is 0 Å². The summed E-state index contributed by atoms with van der Waals surface area (Å²) in [4.78, 5) is 2.43. The minimum atomic E-state index is 0.251. The van der Waals surface area contributed by atoms with Crippen LogP contribution in [0.5, 0.6) is 0 Å². The van der Waals surface area contributed by atoms with Gasteiger partial charge in [-0.2, -0.15) is 0 Å². The summed E-state index contributed by atoms with van der Waals surface area (Å²) in [6, 6.07) is 0. The lowest BCUT2D eigenvalue weighted by Gasteiger charge is -2.42. The van der Waals surface area contributed by atoms with E-state index in [-0.39, 0.29) is 5.54 Å². The van der Waals surface area contributed by atoms with Crippen molar-refractivity contribution >= 4 is 0 Å². The fraction of sp³-hybridized carbons (Fsp3) is 1.00. The molecule has 1 aliphatic carbocycles. The van der Waals surface area contributed by atoms with Crippen LogP contribution < -0.4 is 5.73 Å². The average molecular weight is 182 g/mol. The lowest BCUT2D eigenvalue weighted by Crippen LogP contribution is -2.49. The van der Waals surface area contributed by atoms with Gasteiger partial charge in [0, 0.05) is 5.54 Å². The summed E-state index contributed by atoms with van der Waals surface area (Å²) in [6.45, 7) is 2.56. The van der Waals surface area contributed by atoms with Gasteiger partial charge in [-0.25, -0.2) is 0 Å². The highest BCUT2D eigenvalue weighted by Gasteiger charge is 2.35. The summed E-state index contributed by atoms with van der Waals surface area (Å²) in [7, 11) is 2.22. The van der Waals surface area contributed by atoms with Crippen LogP contribution in [0.25, 0.3) is 0 Å². The predicted molar refractivity (Wildman–Crippen MR) is 55.6 cm³/mol. The molecule has 2 rings (SSSR count). The first-order valence-corrected chi connectivity index (χ1v) is 5.65. The summed E-state index contributed by atoms with van der Waals surface area (Å²) < 4.78 is 0. The number of hydrogen-bond acceptors (Lipinski definition) is 2. The van der Waals surface area contributed by atoms with Gasteiger partial charge in [-0.05, 0) is 64.6 Å². The van der Waals surface area contributed by atoms with Crippen molar-refractivity contribution in [3.8, 4) is 0 Å². The Bertz CT molecular complexity index is 167. The topological polar surface area (TPSA) is 29.3 Å². The van der Waals surface area contributed by atoms with E-state index in [1.165, 1.54) is 51.6 Å². The molecule has 0 radical (unpaired) electrons. The monoisotopic (exact) mass is 182 g/mol. The molecule has 1 saturated carbocycles. The molecule has 76 valence electrons. The van der Waals surface area contributed by atoms with Gasteiger partial charge in [0.1, 0.15) is 0 Å². The molecule has 1 aliphatic heterocycles. The highest BCUT2D eigenvalue weighted by Crippen LogP contribution is 2.37. The molecule has 2 heteroatoms. The molecule has 2 N–H and O–H groups in total. The third-order valence-electron chi connectivity index (χ3n) is 3.88. The molecule has 1 saturated heterocycles. The van der Waals surface area contributed by atoms with Crippen LogP contribution in [-0.4, -0.2) is 30.6 Å². The maximum absolute atomic E-state index is 6.25. The van der Waals surface area contributed by atoms with E-state index in [1.54, 1.807) is 0 Å². The first-order chi connectivity index (χ1) is 6.18. The van der Waals surface area contributed by atoms with Crippen molar-refractivity contribution in [2.45, 2.75) is 44.1 Å². The van der Waals surface area contributed by atoms with Gasteiger partial charge in [0.15, 0.2) is 0 Å². The highest BCUT2D eigenvalue weighted by molar-refractivity contribution is 4.94. The fourth-order valence-corrected chi connectivity index (χ4v) is 2.68. The molecule has 2 aliphatic rings. The molecule has 0 unspecified atom stereocenters. The number of nitrogens with two attached hydrogens (primary N) is 1. The van der Waals surface area contributed by atoms with Gasteiger partial charge in [0.2, 0.25) is 0 Å². The molecule has 0 aromatic heterocycles. The summed E-state index contributed by atoms with van der Waals surface area (Å²) >= 11 is 0. The Morgan fingerprint density at radius 2 is 1.92 bits per heavy atom. The summed E-state index contributed by atoms with van der Waals surface area (Å²) in [5.74, 6) is 0.918. The summed E-state index contributed by atoms with van der Waals surface area (Å²) in [5, 5.41) is 0. The van der Waals surface area contributed by atoms with Crippen molar-refractivity contribution in [1.82, 2.24) is 4.90 Å². The molecule has 0 amide bonds. The Kier molecular flexibility index (Phi) is 2.61. The van der Waals surface area contributed by atoms with E-state index < -0.39 is 0 Å². The molecule has 1 heterocycles. The molecule has 0 aromatic rings. The predicted octanol–water partition coefficient (Wildman–Crippen LogP) is 1.60. The zero-order valence-electron chi connectivity index (χ0n) is 8.76. The second-order valence-corrected chi connectivity index (χ2v) is 5.17. The summed E-state index contributed by atoms with van der Waals surface area (Å²) in [5.41, 5.74) is 6.51. The lowest BCUT2D eigenvalue weighted by molar-refractivity contribution is 0.143. The molecule has 2 fully saturated rings. The second kappa shape index (κ2) is 3.58. The van der Waals surface area contributed by atoms with Crippen LogP contribution in [0.3, 0.4) is 0 Å². The Morgan fingerprint density at radius 3 is 2.38 bits per heavy atom. The quantitative estimate of drug-likeness (QED) is 0.703. The van der Waals surface area contributed by atoms with E-state index >= 15 is 0 Å². The first-order valence-electron chi connectivity index (χ1n) is 5.65. The van der Waals surface area contributed by atoms with Crippen LogP contribution >= 0.6 is 0 Å².